The number of sulfonamides is 1. The third kappa shape index (κ3) is 5.28. The number of carboxylic acids is 1. The Hall–Kier alpha value is -2.07. The Kier molecular flexibility index (Phi) is 5.53. The van der Waals surface area contributed by atoms with Gasteiger partial charge in [-0.25, -0.2) is 22.7 Å². The lowest BCUT2D eigenvalue weighted by molar-refractivity contribution is 0.0660. The number of carbonyl (C=O) groups is 2. The van der Waals surface area contributed by atoms with E-state index in [0.29, 0.717) is 0 Å². The maximum atomic E-state index is 11.3. The van der Waals surface area contributed by atoms with Gasteiger partial charge in [0.1, 0.15) is 5.76 Å². The van der Waals surface area contributed by atoms with Crippen LogP contribution in [0.15, 0.2) is 16.5 Å². The molecule has 0 aliphatic heterocycles. The molecule has 0 fully saturated rings. The molecule has 112 valence electrons. The normalized spacial score (nSPS) is 11.1. The average Bonchev–Trinajstić information content (AvgIpc) is 2.85. The van der Waals surface area contributed by atoms with Crippen molar-refractivity contribution in [3.8, 4) is 0 Å². The molecular formula is C10H15N3O6S. The molecule has 20 heavy (non-hydrogen) atoms. The second kappa shape index (κ2) is 6.91. The number of carbonyl (C=O) groups excluding carboxylic acids is 1. The first-order chi connectivity index (χ1) is 9.34. The summed E-state index contributed by atoms with van der Waals surface area (Å²) in [5.41, 5.74) is 0. The summed E-state index contributed by atoms with van der Waals surface area (Å²) >= 11 is 0. The summed E-state index contributed by atoms with van der Waals surface area (Å²) < 4.78 is 29.2. The van der Waals surface area contributed by atoms with Crippen molar-refractivity contribution in [1.29, 1.82) is 0 Å². The van der Waals surface area contributed by atoms with Crippen molar-refractivity contribution in [2.75, 3.05) is 19.3 Å². The number of nitrogens with one attached hydrogen (secondary N) is 3. The Labute approximate surface area is 115 Å². The van der Waals surface area contributed by atoms with Crippen molar-refractivity contribution in [3.63, 3.8) is 0 Å². The van der Waals surface area contributed by atoms with Crippen LogP contribution in [0, 0.1) is 0 Å². The van der Waals surface area contributed by atoms with Crippen LogP contribution >= 0.6 is 0 Å². The van der Waals surface area contributed by atoms with Crippen LogP contribution in [-0.2, 0) is 16.6 Å². The summed E-state index contributed by atoms with van der Waals surface area (Å²) in [5, 5.41) is 13.4. The Morgan fingerprint density at radius 3 is 2.55 bits per heavy atom. The average molecular weight is 305 g/mol. The fourth-order valence-corrected chi connectivity index (χ4v) is 1.79. The van der Waals surface area contributed by atoms with Gasteiger partial charge in [0.2, 0.25) is 15.8 Å². The van der Waals surface area contributed by atoms with Gasteiger partial charge < -0.3 is 20.2 Å². The van der Waals surface area contributed by atoms with Gasteiger partial charge in [0.15, 0.2) is 0 Å². The smallest absolute Gasteiger partial charge is 0.371 e. The lowest BCUT2D eigenvalue weighted by Crippen LogP contribution is -2.39. The maximum absolute atomic E-state index is 11.3. The molecule has 1 heterocycles. The monoisotopic (exact) mass is 305 g/mol. The van der Waals surface area contributed by atoms with E-state index < -0.39 is 22.0 Å². The van der Waals surface area contributed by atoms with Gasteiger partial charge in [0.25, 0.3) is 0 Å². The van der Waals surface area contributed by atoms with Crippen molar-refractivity contribution in [2.45, 2.75) is 6.54 Å². The lowest BCUT2D eigenvalue weighted by Gasteiger charge is -2.06. The van der Waals surface area contributed by atoms with Gasteiger partial charge in [-0.15, -0.1) is 0 Å². The van der Waals surface area contributed by atoms with Crippen molar-refractivity contribution in [1.82, 2.24) is 15.4 Å². The van der Waals surface area contributed by atoms with E-state index in [1.807, 2.05) is 0 Å². The Balaban J connectivity index is 2.31. The third-order valence-electron chi connectivity index (χ3n) is 2.26. The molecule has 0 atom stereocenters. The van der Waals surface area contributed by atoms with Crippen LogP contribution in [0.2, 0.25) is 0 Å². The molecule has 0 saturated carbocycles. The van der Waals surface area contributed by atoms with Gasteiger partial charge in [-0.2, -0.15) is 0 Å². The molecule has 2 amide bonds. The van der Waals surface area contributed by atoms with Gasteiger partial charge in [-0.05, 0) is 19.2 Å². The molecule has 1 aromatic heterocycles. The van der Waals surface area contributed by atoms with Gasteiger partial charge in [0.05, 0.1) is 12.3 Å². The first-order valence-electron chi connectivity index (χ1n) is 5.59. The van der Waals surface area contributed by atoms with Crippen LogP contribution in [0.1, 0.15) is 16.3 Å². The van der Waals surface area contributed by atoms with Crippen LogP contribution in [0.25, 0.3) is 0 Å². The van der Waals surface area contributed by atoms with Crippen molar-refractivity contribution in [2.24, 2.45) is 0 Å². The molecule has 0 bridgehead atoms. The SMILES string of the molecule is CNS(=O)(=O)CCNC(=O)NCc1ccc(C(=O)O)o1. The first kappa shape index (κ1) is 16.0. The molecule has 4 N–H and O–H groups in total. The van der Waals surface area contributed by atoms with Gasteiger partial charge in [0, 0.05) is 6.54 Å². The molecular weight excluding hydrogens is 290 g/mol. The number of hydrogen-bond acceptors (Lipinski definition) is 5. The predicted molar refractivity (Wildman–Crippen MR) is 68.8 cm³/mol. The molecule has 0 unspecified atom stereocenters. The van der Waals surface area contributed by atoms with E-state index in [1.54, 1.807) is 0 Å². The molecule has 0 spiro atoms. The molecule has 10 heteroatoms. The van der Waals surface area contributed by atoms with Crippen LogP contribution in [0.3, 0.4) is 0 Å². The van der Waals surface area contributed by atoms with E-state index in [1.165, 1.54) is 19.2 Å². The number of hydrogen-bond donors (Lipinski definition) is 4. The summed E-state index contributed by atoms with van der Waals surface area (Å²) in [6, 6.07) is 2.12. The van der Waals surface area contributed by atoms with Crippen molar-refractivity contribution < 1.29 is 27.5 Å². The highest BCUT2D eigenvalue weighted by atomic mass is 32.2. The number of amides is 2. The minimum Gasteiger partial charge on any atom is -0.475 e. The van der Waals surface area contributed by atoms with Crippen LogP contribution in [0.5, 0.6) is 0 Å². The van der Waals surface area contributed by atoms with Crippen molar-refractivity contribution >= 4 is 22.0 Å². The Bertz CT molecular complexity index is 580. The molecule has 0 aliphatic carbocycles. The van der Waals surface area contributed by atoms with E-state index in [0.717, 1.165) is 0 Å². The van der Waals surface area contributed by atoms with E-state index in [4.69, 9.17) is 9.52 Å². The Morgan fingerprint density at radius 2 is 2.00 bits per heavy atom. The maximum Gasteiger partial charge on any atom is 0.371 e. The van der Waals surface area contributed by atoms with Crippen molar-refractivity contribution in [3.05, 3.63) is 23.7 Å². The fraction of sp³-hybridized carbons (Fsp3) is 0.400. The lowest BCUT2D eigenvalue weighted by atomic mass is 10.4. The van der Waals surface area contributed by atoms with Crippen LogP contribution in [0.4, 0.5) is 4.79 Å². The molecule has 0 aliphatic rings. The minimum absolute atomic E-state index is 0.00209. The zero-order chi connectivity index (χ0) is 15.2. The zero-order valence-corrected chi connectivity index (χ0v) is 11.5. The zero-order valence-electron chi connectivity index (χ0n) is 10.7. The van der Waals surface area contributed by atoms with Gasteiger partial charge in [-0.1, -0.05) is 0 Å². The highest BCUT2D eigenvalue weighted by Crippen LogP contribution is 2.07. The second-order valence-corrected chi connectivity index (χ2v) is 5.75. The molecule has 1 rings (SSSR count). The quantitative estimate of drug-likeness (QED) is 0.527. The highest BCUT2D eigenvalue weighted by molar-refractivity contribution is 7.89. The summed E-state index contributed by atoms with van der Waals surface area (Å²) in [6.45, 7) is -0.0502. The molecule has 1 aromatic rings. The largest absolute Gasteiger partial charge is 0.475 e. The summed E-state index contributed by atoms with van der Waals surface area (Å²) in [6.07, 6.45) is 0. The third-order valence-corrected chi connectivity index (χ3v) is 3.63. The van der Waals surface area contributed by atoms with Gasteiger partial charge in [-0.3, -0.25) is 0 Å². The van der Waals surface area contributed by atoms with Crippen LogP contribution < -0.4 is 15.4 Å². The molecule has 0 radical (unpaired) electrons. The van der Waals surface area contributed by atoms with E-state index in [-0.39, 0.29) is 30.4 Å². The first-order valence-corrected chi connectivity index (χ1v) is 7.24. The molecule has 0 saturated heterocycles. The van der Waals surface area contributed by atoms with E-state index in [2.05, 4.69) is 15.4 Å². The molecule has 9 nitrogen and oxygen atoms in total. The minimum atomic E-state index is -3.36. The van der Waals surface area contributed by atoms with Gasteiger partial charge >= 0.3 is 12.0 Å². The fourth-order valence-electron chi connectivity index (χ4n) is 1.22. The highest BCUT2D eigenvalue weighted by Gasteiger charge is 2.10. The number of urea groups is 1. The number of aromatic carboxylic acids is 1. The summed E-state index contributed by atoms with van der Waals surface area (Å²) in [7, 11) is -2.08. The standard InChI is InChI=1S/C10H15N3O6S/c1-11-20(17,18)5-4-12-10(16)13-6-7-2-3-8(19-7)9(14)15/h2-3,11H,4-6H2,1H3,(H,14,15)(H2,12,13,16). The number of rotatable bonds is 7. The molecule has 0 aromatic carbocycles. The topological polar surface area (TPSA) is 138 Å². The summed E-state index contributed by atoms with van der Waals surface area (Å²) in [5.74, 6) is -1.37. The number of carboxylic acid groups (broad SMARTS) is 1. The Morgan fingerprint density at radius 1 is 1.30 bits per heavy atom. The van der Waals surface area contributed by atoms with E-state index >= 15 is 0 Å². The number of furan rings is 1. The predicted octanol–water partition coefficient (Wildman–Crippen LogP) is -0.674. The van der Waals surface area contributed by atoms with E-state index in [9.17, 15) is 18.0 Å². The summed E-state index contributed by atoms with van der Waals surface area (Å²) in [4.78, 5) is 21.9. The van der Waals surface area contributed by atoms with Crippen LogP contribution in [-0.4, -0.2) is 44.9 Å². The second-order valence-electron chi connectivity index (χ2n) is 3.70.